The minimum atomic E-state index is -3.69. The van der Waals surface area contributed by atoms with Crippen LogP contribution in [0.3, 0.4) is 0 Å². The molecule has 0 unspecified atom stereocenters. The van der Waals surface area contributed by atoms with Crippen LogP contribution in [-0.2, 0) is 14.8 Å². The van der Waals surface area contributed by atoms with E-state index in [1.54, 1.807) is 32.0 Å². The number of hydrogen-bond donors (Lipinski definition) is 1. The second-order valence-corrected chi connectivity index (χ2v) is 8.74. The third-order valence-electron chi connectivity index (χ3n) is 3.38. The lowest BCUT2D eigenvalue weighted by molar-refractivity contribution is -0.119. The fourth-order valence-corrected chi connectivity index (χ4v) is 3.49. The Kier molecular flexibility index (Phi) is 6.48. The molecule has 0 atom stereocenters. The largest absolute Gasteiger partial charge is 0.459 e. The van der Waals surface area contributed by atoms with Gasteiger partial charge in [0.25, 0.3) is 5.91 Å². The lowest BCUT2D eigenvalue weighted by Crippen LogP contribution is -2.39. The molecule has 1 N–H and O–H groups in total. The van der Waals surface area contributed by atoms with Crippen molar-refractivity contribution in [2.24, 2.45) is 5.10 Å². The predicted molar refractivity (Wildman–Crippen MR) is 105 cm³/mol. The van der Waals surface area contributed by atoms with Crippen LogP contribution in [0.5, 0.6) is 0 Å². The highest BCUT2D eigenvalue weighted by Crippen LogP contribution is 2.26. The molecule has 0 aliphatic carbocycles. The van der Waals surface area contributed by atoms with Crippen LogP contribution in [0.2, 0.25) is 5.02 Å². The lowest BCUT2D eigenvalue weighted by Gasteiger charge is -2.23. The molecule has 0 aliphatic heterocycles. The van der Waals surface area contributed by atoms with E-state index in [0.29, 0.717) is 27.8 Å². The van der Waals surface area contributed by atoms with Gasteiger partial charge in [0.05, 0.1) is 22.6 Å². The van der Waals surface area contributed by atoms with Gasteiger partial charge in [-0.1, -0.05) is 17.7 Å². The smallest absolute Gasteiger partial charge is 0.260 e. The number of halogens is 2. The Labute approximate surface area is 165 Å². The average Bonchev–Trinajstić information content (AvgIpc) is 2.85. The molecule has 2 aromatic rings. The second kappa shape index (κ2) is 8.24. The summed E-state index contributed by atoms with van der Waals surface area (Å²) in [6, 6.07) is 6.53. The molecule has 7 nitrogen and oxygen atoms in total. The van der Waals surface area contributed by atoms with Crippen LogP contribution in [0.25, 0.3) is 0 Å². The Morgan fingerprint density at radius 1 is 1.38 bits per heavy atom. The monoisotopic (exact) mass is 461 g/mol. The van der Waals surface area contributed by atoms with Crippen molar-refractivity contribution in [2.45, 2.75) is 13.8 Å². The number of aryl methyl sites for hydroxylation is 2. The summed E-state index contributed by atoms with van der Waals surface area (Å²) in [4.78, 5) is 12.1. The van der Waals surface area contributed by atoms with Gasteiger partial charge in [0, 0.05) is 11.1 Å². The van der Waals surface area contributed by atoms with Gasteiger partial charge >= 0.3 is 0 Å². The zero-order chi connectivity index (χ0) is 19.5. The van der Waals surface area contributed by atoms with Gasteiger partial charge in [-0.2, -0.15) is 5.10 Å². The molecule has 0 aliphatic rings. The Balaban J connectivity index is 2.13. The number of amides is 1. The zero-order valence-electron chi connectivity index (χ0n) is 14.3. The van der Waals surface area contributed by atoms with Crippen molar-refractivity contribution in [3.05, 3.63) is 50.8 Å². The molecule has 0 saturated carbocycles. The first-order chi connectivity index (χ1) is 12.1. The molecular formula is C16H17BrClN3O4S. The fraction of sp³-hybridized carbons (Fsp3) is 0.250. The van der Waals surface area contributed by atoms with Gasteiger partial charge in [-0.15, -0.1) is 0 Å². The zero-order valence-corrected chi connectivity index (χ0v) is 17.4. The minimum Gasteiger partial charge on any atom is -0.459 e. The first-order valence-corrected chi connectivity index (χ1v) is 10.4. The maximum absolute atomic E-state index is 12.1. The summed E-state index contributed by atoms with van der Waals surface area (Å²) in [7, 11) is -3.69. The lowest BCUT2D eigenvalue weighted by atomic mass is 10.2. The highest BCUT2D eigenvalue weighted by atomic mass is 79.9. The number of sulfonamides is 1. The van der Waals surface area contributed by atoms with Crippen LogP contribution in [0.15, 0.2) is 38.3 Å². The normalized spacial score (nSPS) is 11.7. The second-order valence-electron chi connectivity index (χ2n) is 5.55. The van der Waals surface area contributed by atoms with Crippen molar-refractivity contribution in [1.82, 2.24) is 5.43 Å². The molecule has 2 rings (SSSR count). The number of carbonyl (C=O) groups is 1. The van der Waals surface area contributed by atoms with Crippen LogP contribution in [0.1, 0.15) is 17.1 Å². The molecule has 1 aromatic heterocycles. The highest BCUT2D eigenvalue weighted by Gasteiger charge is 2.22. The standard InChI is InChI=1S/C16H17BrClN3O4S/c1-10-4-5-12(18)6-15(10)21(26(3,23)24)9-16(22)20-19-8-13-7-14(17)11(2)25-13/h4-8H,9H2,1-3H3,(H,20,22)/b19-8-. The Hall–Kier alpha value is -1.84. The number of hydrogen-bond acceptors (Lipinski definition) is 5. The van der Waals surface area contributed by atoms with E-state index >= 15 is 0 Å². The third kappa shape index (κ3) is 5.33. The molecule has 0 spiro atoms. The van der Waals surface area contributed by atoms with E-state index in [9.17, 15) is 13.2 Å². The van der Waals surface area contributed by atoms with Crippen LogP contribution in [-0.4, -0.2) is 33.3 Å². The number of nitrogens with one attached hydrogen (secondary N) is 1. The molecule has 0 fully saturated rings. The van der Waals surface area contributed by atoms with Gasteiger partial charge in [-0.3, -0.25) is 9.10 Å². The first-order valence-electron chi connectivity index (χ1n) is 7.39. The van der Waals surface area contributed by atoms with E-state index in [1.807, 2.05) is 0 Å². The molecule has 1 aromatic carbocycles. The number of hydrazone groups is 1. The molecule has 1 amide bonds. The van der Waals surface area contributed by atoms with E-state index in [1.165, 1.54) is 12.3 Å². The highest BCUT2D eigenvalue weighted by molar-refractivity contribution is 9.10. The van der Waals surface area contributed by atoms with Crippen LogP contribution < -0.4 is 9.73 Å². The number of anilines is 1. The Morgan fingerprint density at radius 2 is 2.08 bits per heavy atom. The van der Waals surface area contributed by atoms with Crippen molar-refractivity contribution in [2.75, 3.05) is 17.1 Å². The topological polar surface area (TPSA) is 92.0 Å². The molecule has 0 radical (unpaired) electrons. The van der Waals surface area contributed by atoms with Gasteiger partial charge in [0.1, 0.15) is 18.1 Å². The van der Waals surface area contributed by atoms with Crippen molar-refractivity contribution >= 4 is 55.4 Å². The number of rotatable bonds is 6. The first kappa shape index (κ1) is 20.5. The summed E-state index contributed by atoms with van der Waals surface area (Å²) in [6.07, 6.45) is 2.35. The summed E-state index contributed by atoms with van der Waals surface area (Å²) in [6.45, 7) is 3.08. The summed E-state index contributed by atoms with van der Waals surface area (Å²) < 4.78 is 31.3. The molecule has 10 heteroatoms. The van der Waals surface area contributed by atoms with E-state index in [2.05, 4.69) is 26.5 Å². The van der Waals surface area contributed by atoms with Gasteiger partial charge in [0.2, 0.25) is 10.0 Å². The number of benzene rings is 1. The van der Waals surface area contributed by atoms with E-state index in [4.69, 9.17) is 16.0 Å². The maximum atomic E-state index is 12.1. The van der Waals surface area contributed by atoms with Crippen molar-refractivity contribution in [3.63, 3.8) is 0 Å². The van der Waals surface area contributed by atoms with E-state index in [0.717, 1.165) is 15.0 Å². The summed E-state index contributed by atoms with van der Waals surface area (Å²) in [5.41, 5.74) is 3.29. The molecule has 26 heavy (non-hydrogen) atoms. The van der Waals surface area contributed by atoms with Crippen molar-refractivity contribution in [1.29, 1.82) is 0 Å². The third-order valence-corrected chi connectivity index (χ3v) is 5.53. The van der Waals surface area contributed by atoms with Gasteiger partial charge in [-0.25, -0.2) is 13.8 Å². The molecule has 1 heterocycles. The number of carbonyl (C=O) groups excluding carboxylic acids is 1. The number of nitrogens with zero attached hydrogens (tertiary/aromatic N) is 2. The Morgan fingerprint density at radius 3 is 2.65 bits per heavy atom. The summed E-state index contributed by atoms with van der Waals surface area (Å²) in [5.74, 6) is 0.520. The van der Waals surface area contributed by atoms with Gasteiger partial charge in [-0.05, 0) is 47.5 Å². The molecule has 0 bridgehead atoms. The van der Waals surface area contributed by atoms with Crippen LogP contribution in [0.4, 0.5) is 5.69 Å². The van der Waals surface area contributed by atoms with Gasteiger partial charge < -0.3 is 4.42 Å². The maximum Gasteiger partial charge on any atom is 0.260 e. The fourth-order valence-electron chi connectivity index (χ4n) is 2.11. The van der Waals surface area contributed by atoms with Crippen LogP contribution in [0, 0.1) is 13.8 Å². The quantitative estimate of drug-likeness (QED) is 0.527. The SMILES string of the molecule is Cc1ccc(Cl)cc1N(CC(=O)N/N=C\c1cc(Br)c(C)o1)S(C)(=O)=O. The van der Waals surface area contributed by atoms with Gasteiger partial charge in [0.15, 0.2) is 0 Å². The number of furan rings is 1. The summed E-state index contributed by atoms with van der Waals surface area (Å²) in [5, 5.41) is 4.15. The van der Waals surface area contributed by atoms with Crippen molar-refractivity contribution in [3.8, 4) is 0 Å². The summed E-state index contributed by atoms with van der Waals surface area (Å²) >= 11 is 9.26. The van der Waals surface area contributed by atoms with E-state index < -0.39 is 22.5 Å². The van der Waals surface area contributed by atoms with Crippen molar-refractivity contribution < 1.29 is 17.6 Å². The molecule has 140 valence electrons. The molecule has 0 saturated heterocycles. The average molecular weight is 463 g/mol. The predicted octanol–water partition coefficient (Wildman–Crippen LogP) is 3.23. The minimum absolute atomic E-state index is 0.338. The van der Waals surface area contributed by atoms with E-state index in [-0.39, 0.29) is 0 Å². The van der Waals surface area contributed by atoms with Crippen LogP contribution >= 0.6 is 27.5 Å². The molecular weight excluding hydrogens is 446 g/mol. The Bertz CT molecular complexity index is 937.